The lowest BCUT2D eigenvalue weighted by Gasteiger charge is -2.36. The number of ether oxygens (including phenoxy) is 1. The maximum absolute atomic E-state index is 13.4. The minimum Gasteiger partial charge on any atom is -0.381 e. The van der Waals surface area contributed by atoms with Crippen molar-refractivity contribution in [2.24, 2.45) is 0 Å². The molecule has 31 heavy (non-hydrogen) atoms. The van der Waals surface area contributed by atoms with Crippen molar-refractivity contribution >= 4 is 16.9 Å². The van der Waals surface area contributed by atoms with Crippen LogP contribution in [0.1, 0.15) is 36.7 Å². The Morgan fingerprint density at radius 2 is 1.90 bits per heavy atom. The number of rotatable bonds is 5. The second kappa shape index (κ2) is 8.34. The maximum Gasteiger partial charge on any atom is 0.416 e. The lowest BCUT2D eigenvalue weighted by atomic mass is 9.73. The van der Waals surface area contributed by atoms with Crippen LogP contribution in [0.4, 0.5) is 13.2 Å². The van der Waals surface area contributed by atoms with Gasteiger partial charge in [0.15, 0.2) is 0 Å². The molecule has 0 atom stereocenters. The first kappa shape index (κ1) is 21.4. The Labute approximate surface area is 178 Å². The molecule has 1 N–H and O–H groups in total. The van der Waals surface area contributed by atoms with Crippen molar-refractivity contribution in [3.8, 4) is 0 Å². The van der Waals surface area contributed by atoms with Crippen LogP contribution < -0.4 is 5.32 Å². The Morgan fingerprint density at radius 1 is 1.16 bits per heavy atom. The Bertz CT molecular complexity index is 1090. The molecule has 4 rings (SSSR count). The van der Waals surface area contributed by atoms with Crippen molar-refractivity contribution in [2.45, 2.75) is 44.4 Å². The number of hydrogen-bond donors (Lipinski definition) is 1. The second-order valence-electron chi connectivity index (χ2n) is 7.72. The Morgan fingerprint density at radius 3 is 2.61 bits per heavy atom. The van der Waals surface area contributed by atoms with Crippen LogP contribution in [0, 0.1) is 0 Å². The number of nitrogens with zero attached hydrogens (tertiary/aromatic N) is 2. The molecule has 1 saturated heterocycles. The number of para-hydroxylation sites is 2. The summed E-state index contributed by atoms with van der Waals surface area (Å²) in [4.78, 5) is 18.0. The van der Waals surface area contributed by atoms with Crippen molar-refractivity contribution in [3.63, 3.8) is 0 Å². The molecular formula is C23H24F3N3O2. The number of carbonyl (C=O) groups excluding carboxylic acids is 1. The number of alkyl halides is 3. The van der Waals surface area contributed by atoms with Gasteiger partial charge in [-0.25, -0.2) is 4.98 Å². The summed E-state index contributed by atoms with van der Waals surface area (Å²) in [5.74, 6) is 0.410. The zero-order valence-corrected chi connectivity index (χ0v) is 17.2. The molecule has 0 unspecified atom stereocenters. The van der Waals surface area contributed by atoms with Gasteiger partial charge in [0, 0.05) is 19.8 Å². The lowest BCUT2D eigenvalue weighted by Crippen LogP contribution is -2.48. The van der Waals surface area contributed by atoms with E-state index in [1.54, 1.807) is 6.07 Å². The molecule has 1 fully saturated rings. The number of carbonyl (C=O) groups is 1. The van der Waals surface area contributed by atoms with Gasteiger partial charge < -0.3 is 14.6 Å². The number of nitrogens with one attached hydrogen (secondary N) is 1. The molecule has 1 aromatic heterocycles. The average Bonchev–Trinajstić information content (AvgIpc) is 3.15. The van der Waals surface area contributed by atoms with E-state index in [4.69, 9.17) is 4.74 Å². The van der Waals surface area contributed by atoms with Gasteiger partial charge in [-0.1, -0.05) is 30.3 Å². The molecule has 5 nitrogen and oxygen atoms in total. The second-order valence-corrected chi connectivity index (χ2v) is 7.72. The Balaban J connectivity index is 1.63. The summed E-state index contributed by atoms with van der Waals surface area (Å²) >= 11 is 0. The fourth-order valence-corrected chi connectivity index (χ4v) is 4.30. The minimum atomic E-state index is -4.47. The van der Waals surface area contributed by atoms with Crippen LogP contribution in [0.25, 0.3) is 11.0 Å². The quantitative estimate of drug-likeness (QED) is 0.650. The van der Waals surface area contributed by atoms with Gasteiger partial charge in [0.1, 0.15) is 5.82 Å². The molecule has 8 heteroatoms. The molecule has 0 bridgehead atoms. The SMILES string of the molecule is CCn1c(CNC(=O)C2(c3cccc(C(F)(F)F)c3)CCOCC2)nc2ccccc21. The van der Waals surface area contributed by atoms with Crippen LogP contribution in [-0.2, 0) is 34.2 Å². The summed E-state index contributed by atoms with van der Waals surface area (Å²) in [6.45, 7) is 3.53. The highest BCUT2D eigenvalue weighted by Crippen LogP contribution is 2.38. The van der Waals surface area contributed by atoms with E-state index in [0.717, 1.165) is 23.2 Å². The topological polar surface area (TPSA) is 56.2 Å². The molecule has 1 amide bonds. The van der Waals surface area contributed by atoms with Crippen LogP contribution in [0.15, 0.2) is 48.5 Å². The summed E-state index contributed by atoms with van der Waals surface area (Å²) in [5.41, 5.74) is 0.367. The molecule has 1 aliphatic rings. The molecular weight excluding hydrogens is 407 g/mol. The highest BCUT2D eigenvalue weighted by molar-refractivity contribution is 5.88. The number of benzene rings is 2. The van der Waals surface area contributed by atoms with Crippen molar-refractivity contribution in [1.29, 1.82) is 0 Å². The van der Waals surface area contributed by atoms with Crippen LogP contribution in [0.5, 0.6) is 0 Å². The third-order valence-corrected chi connectivity index (χ3v) is 5.98. The van der Waals surface area contributed by atoms with Crippen LogP contribution in [-0.4, -0.2) is 28.7 Å². The zero-order chi connectivity index (χ0) is 22.1. The van der Waals surface area contributed by atoms with E-state index >= 15 is 0 Å². The first-order valence-electron chi connectivity index (χ1n) is 10.3. The highest BCUT2D eigenvalue weighted by atomic mass is 19.4. The summed E-state index contributed by atoms with van der Waals surface area (Å²) in [6.07, 6.45) is -3.82. The van der Waals surface area contributed by atoms with Gasteiger partial charge in [0.25, 0.3) is 0 Å². The molecule has 3 aromatic rings. The van der Waals surface area contributed by atoms with Gasteiger partial charge >= 0.3 is 6.18 Å². The van der Waals surface area contributed by atoms with E-state index in [9.17, 15) is 18.0 Å². The highest BCUT2D eigenvalue weighted by Gasteiger charge is 2.43. The predicted molar refractivity (Wildman–Crippen MR) is 110 cm³/mol. The van der Waals surface area contributed by atoms with Crippen molar-refractivity contribution in [3.05, 3.63) is 65.5 Å². The number of hydrogen-bond acceptors (Lipinski definition) is 3. The van der Waals surface area contributed by atoms with E-state index in [0.29, 0.717) is 44.0 Å². The number of aryl methyl sites for hydroxylation is 1. The summed E-state index contributed by atoms with van der Waals surface area (Å²) in [7, 11) is 0. The minimum absolute atomic E-state index is 0.197. The normalized spacial score (nSPS) is 16.4. The lowest BCUT2D eigenvalue weighted by molar-refractivity contribution is -0.138. The fourth-order valence-electron chi connectivity index (χ4n) is 4.30. The Kier molecular flexibility index (Phi) is 5.75. The number of halogens is 3. The van der Waals surface area contributed by atoms with Crippen LogP contribution in [0.3, 0.4) is 0 Å². The number of amides is 1. The van der Waals surface area contributed by atoms with E-state index in [2.05, 4.69) is 10.3 Å². The van der Waals surface area contributed by atoms with Gasteiger partial charge in [-0.05, 0) is 43.5 Å². The maximum atomic E-state index is 13.4. The fraction of sp³-hybridized carbons (Fsp3) is 0.391. The van der Waals surface area contributed by atoms with Crippen LogP contribution in [0.2, 0.25) is 0 Å². The predicted octanol–water partition coefficient (Wildman–Crippen LogP) is 4.44. The third kappa shape index (κ3) is 4.04. The van der Waals surface area contributed by atoms with Gasteiger partial charge in [0.2, 0.25) is 5.91 Å². The first-order valence-corrected chi connectivity index (χ1v) is 10.3. The first-order chi connectivity index (χ1) is 14.8. The molecule has 2 heterocycles. The van der Waals surface area contributed by atoms with E-state index < -0.39 is 17.2 Å². The van der Waals surface area contributed by atoms with Crippen molar-refractivity contribution in [2.75, 3.05) is 13.2 Å². The van der Waals surface area contributed by atoms with E-state index in [1.807, 2.05) is 35.8 Å². The summed E-state index contributed by atoms with van der Waals surface area (Å²) in [5, 5.41) is 2.94. The Hall–Kier alpha value is -2.87. The molecule has 0 spiro atoms. The standard InChI is InChI=1S/C23H24F3N3O2/c1-2-29-19-9-4-3-8-18(19)28-20(29)15-27-21(30)22(10-12-31-13-11-22)16-6-5-7-17(14-16)23(24,25)26/h3-9,14H,2,10-13,15H2,1H3,(H,27,30). The molecule has 0 aliphatic carbocycles. The largest absolute Gasteiger partial charge is 0.416 e. The summed E-state index contributed by atoms with van der Waals surface area (Å²) in [6, 6.07) is 12.8. The van der Waals surface area contributed by atoms with E-state index in [-0.39, 0.29) is 12.5 Å². The molecule has 164 valence electrons. The smallest absolute Gasteiger partial charge is 0.381 e. The van der Waals surface area contributed by atoms with Gasteiger partial charge in [-0.2, -0.15) is 13.2 Å². The van der Waals surface area contributed by atoms with Crippen molar-refractivity contribution < 1.29 is 22.7 Å². The van der Waals surface area contributed by atoms with Gasteiger partial charge in [-0.3, -0.25) is 4.79 Å². The molecule has 0 radical (unpaired) electrons. The van der Waals surface area contributed by atoms with Gasteiger partial charge in [-0.15, -0.1) is 0 Å². The molecule has 0 saturated carbocycles. The molecule has 1 aliphatic heterocycles. The third-order valence-electron chi connectivity index (χ3n) is 5.98. The average molecular weight is 431 g/mol. The van der Waals surface area contributed by atoms with E-state index in [1.165, 1.54) is 6.07 Å². The molecule has 2 aromatic carbocycles. The monoisotopic (exact) mass is 431 g/mol. The van der Waals surface area contributed by atoms with Crippen LogP contribution >= 0.6 is 0 Å². The number of fused-ring (bicyclic) bond motifs is 1. The number of aromatic nitrogens is 2. The van der Waals surface area contributed by atoms with Gasteiger partial charge in [0.05, 0.1) is 28.6 Å². The van der Waals surface area contributed by atoms with Crippen molar-refractivity contribution in [1.82, 2.24) is 14.9 Å². The summed E-state index contributed by atoms with van der Waals surface area (Å²) < 4.78 is 47.3. The zero-order valence-electron chi connectivity index (χ0n) is 17.2. The number of imidazole rings is 1.